The molecule has 1 N–H and O–H groups in total. The van der Waals surface area contributed by atoms with E-state index in [9.17, 15) is 14.4 Å². The fourth-order valence-corrected chi connectivity index (χ4v) is 6.02. The van der Waals surface area contributed by atoms with Crippen LogP contribution in [0.1, 0.15) is 51.9 Å². The monoisotopic (exact) mass is 626 g/mol. The molecule has 2 aliphatic heterocycles. The molecule has 0 radical (unpaired) electrons. The minimum absolute atomic E-state index is 0.117. The lowest BCUT2D eigenvalue weighted by molar-refractivity contribution is -0.124. The Balaban J connectivity index is 1.30. The lowest BCUT2D eigenvalue weighted by Gasteiger charge is -2.39. The van der Waals surface area contributed by atoms with Gasteiger partial charge in [0.25, 0.3) is 11.8 Å². The third-order valence-corrected chi connectivity index (χ3v) is 8.52. The topological polar surface area (TPSA) is 128 Å². The summed E-state index contributed by atoms with van der Waals surface area (Å²) in [4.78, 5) is 53.2. The van der Waals surface area contributed by atoms with Crippen molar-refractivity contribution in [2.75, 3.05) is 33.3 Å². The molecule has 2 aromatic carbocycles. The van der Waals surface area contributed by atoms with E-state index in [0.29, 0.717) is 65.5 Å². The van der Waals surface area contributed by atoms with Crippen LogP contribution in [0.5, 0.6) is 17.2 Å². The molecule has 0 unspecified atom stereocenters. The van der Waals surface area contributed by atoms with Gasteiger partial charge in [-0.2, -0.15) is 0 Å². The van der Waals surface area contributed by atoms with Crippen molar-refractivity contribution in [3.8, 4) is 17.2 Å². The van der Waals surface area contributed by atoms with Gasteiger partial charge >= 0.3 is 0 Å². The number of hydrogen-bond donors (Lipinski definition) is 1. The van der Waals surface area contributed by atoms with Crippen LogP contribution < -0.4 is 14.8 Å². The van der Waals surface area contributed by atoms with Crippen LogP contribution in [0.2, 0.25) is 0 Å². The third-order valence-electron chi connectivity index (χ3n) is 8.52. The van der Waals surface area contributed by atoms with Crippen molar-refractivity contribution in [2.24, 2.45) is 7.05 Å². The quantitative estimate of drug-likeness (QED) is 0.362. The number of nitrogens with zero attached hydrogens (tertiary/aromatic N) is 5. The maximum Gasteiger partial charge on any atom is 0.256 e. The molecule has 3 amide bonds. The molecule has 4 aromatic rings. The minimum atomic E-state index is -0.509. The second-order valence-corrected chi connectivity index (χ2v) is 11.7. The van der Waals surface area contributed by atoms with Gasteiger partial charge in [0.15, 0.2) is 17.1 Å². The van der Waals surface area contributed by atoms with E-state index in [1.54, 1.807) is 35.4 Å². The molecule has 12 nitrogen and oxygen atoms in total. The molecule has 2 aromatic heterocycles. The highest BCUT2D eigenvalue weighted by atomic mass is 16.5. The van der Waals surface area contributed by atoms with Gasteiger partial charge in [-0.25, -0.2) is 9.97 Å². The van der Waals surface area contributed by atoms with Gasteiger partial charge in [0.05, 0.1) is 38.0 Å². The summed E-state index contributed by atoms with van der Waals surface area (Å²) >= 11 is 0. The first-order valence-corrected chi connectivity index (χ1v) is 15.5. The highest BCUT2D eigenvalue weighted by Crippen LogP contribution is 2.33. The van der Waals surface area contributed by atoms with Gasteiger partial charge in [-0.1, -0.05) is 19.1 Å². The molecule has 46 heavy (non-hydrogen) atoms. The number of methoxy groups -OCH3 is 1. The smallest absolute Gasteiger partial charge is 0.256 e. The maximum atomic E-state index is 13.9. The number of rotatable bonds is 4. The molecule has 12 heteroatoms. The van der Waals surface area contributed by atoms with Crippen molar-refractivity contribution in [1.82, 2.24) is 29.7 Å². The molecule has 0 aliphatic carbocycles. The predicted octanol–water partition coefficient (Wildman–Crippen LogP) is 3.86. The summed E-state index contributed by atoms with van der Waals surface area (Å²) in [6.07, 6.45) is 2.27. The van der Waals surface area contributed by atoms with Gasteiger partial charge in [0.1, 0.15) is 17.1 Å². The van der Waals surface area contributed by atoms with Crippen molar-refractivity contribution in [1.29, 1.82) is 0 Å². The molecule has 4 bridgehead atoms. The van der Waals surface area contributed by atoms with Gasteiger partial charge in [-0.15, -0.1) is 0 Å². The minimum Gasteiger partial charge on any atom is -0.493 e. The molecular weight excluding hydrogens is 588 g/mol. The predicted molar refractivity (Wildman–Crippen MR) is 170 cm³/mol. The van der Waals surface area contributed by atoms with Crippen LogP contribution in [0.3, 0.4) is 0 Å². The first kappa shape index (κ1) is 31.0. The number of imidazole rings is 1. The number of aromatic nitrogens is 3. The van der Waals surface area contributed by atoms with E-state index in [0.717, 1.165) is 11.4 Å². The maximum absolute atomic E-state index is 13.9. The average Bonchev–Trinajstić information content (AvgIpc) is 3.36. The van der Waals surface area contributed by atoms with Gasteiger partial charge in [-0.05, 0) is 61.7 Å². The molecular formula is C34H38N6O6. The first-order chi connectivity index (χ1) is 22.2. The molecule has 2 aliphatic rings. The second-order valence-electron chi connectivity index (χ2n) is 11.7. The highest BCUT2D eigenvalue weighted by molar-refractivity contribution is 6.04. The number of hydrogen-bond acceptors (Lipinski definition) is 8. The molecule has 240 valence electrons. The molecule has 1 saturated heterocycles. The van der Waals surface area contributed by atoms with Crippen LogP contribution in [-0.4, -0.2) is 87.5 Å². The van der Waals surface area contributed by atoms with Crippen molar-refractivity contribution in [3.05, 3.63) is 77.2 Å². The van der Waals surface area contributed by atoms with Crippen LogP contribution in [0.4, 0.5) is 0 Å². The van der Waals surface area contributed by atoms with E-state index in [1.807, 2.05) is 49.7 Å². The summed E-state index contributed by atoms with van der Waals surface area (Å²) in [5.41, 5.74) is 2.91. The number of fused-ring (bicyclic) bond motifs is 6. The summed E-state index contributed by atoms with van der Waals surface area (Å²) in [6, 6.07) is 13.8. The van der Waals surface area contributed by atoms with Gasteiger partial charge < -0.3 is 33.9 Å². The van der Waals surface area contributed by atoms with E-state index >= 15 is 0 Å². The van der Waals surface area contributed by atoms with Gasteiger partial charge in [-0.3, -0.25) is 14.4 Å². The lowest BCUT2D eigenvalue weighted by atomic mass is 10.00. The van der Waals surface area contributed by atoms with E-state index in [4.69, 9.17) is 14.2 Å². The number of pyridine rings is 1. The standard InChI is InChI=1S/C34H38N6O6/c1-5-14-39-19-30(41)37-26-12-15-40(34(43)25-11-13-35-32-31(25)36-21(2)38(32)3)18-29(26)45-20-22-7-6-8-24(16-22)46-28-17-23(33(39)42)9-10-27(28)44-4/h6-11,13,16-17,26,29H,5,12,14-15,18-20H2,1-4H3,(H,37,41)/t26-,29-/m0/s1. The summed E-state index contributed by atoms with van der Waals surface area (Å²) < 4.78 is 20.0. The van der Waals surface area contributed by atoms with Crippen LogP contribution in [-0.2, 0) is 23.2 Å². The largest absolute Gasteiger partial charge is 0.493 e. The number of aryl methyl sites for hydroxylation is 2. The number of amides is 3. The number of benzene rings is 2. The van der Waals surface area contributed by atoms with E-state index in [-0.39, 0.29) is 43.5 Å². The Labute approximate surface area is 267 Å². The Morgan fingerprint density at radius 2 is 2.00 bits per heavy atom. The summed E-state index contributed by atoms with van der Waals surface area (Å²) in [5, 5.41) is 3.11. The number of carbonyl (C=O) groups is 3. The number of piperidine rings is 1. The number of likely N-dealkylation sites (tertiary alicyclic amines) is 1. The van der Waals surface area contributed by atoms with Crippen LogP contribution in [0.15, 0.2) is 54.7 Å². The van der Waals surface area contributed by atoms with Gasteiger partial charge in [0, 0.05) is 38.4 Å². The lowest BCUT2D eigenvalue weighted by Crippen LogP contribution is -2.57. The highest BCUT2D eigenvalue weighted by Gasteiger charge is 2.35. The van der Waals surface area contributed by atoms with Crippen molar-refractivity contribution < 1.29 is 28.6 Å². The van der Waals surface area contributed by atoms with E-state index < -0.39 is 6.10 Å². The van der Waals surface area contributed by atoms with E-state index in [1.165, 1.54) is 12.0 Å². The van der Waals surface area contributed by atoms with E-state index in [2.05, 4.69) is 15.3 Å². The zero-order valence-corrected chi connectivity index (χ0v) is 26.5. The Morgan fingerprint density at radius 1 is 1.15 bits per heavy atom. The molecule has 2 atom stereocenters. The molecule has 1 fully saturated rings. The Kier molecular flexibility index (Phi) is 8.89. The number of nitrogens with one attached hydrogen (secondary N) is 1. The normalized spacial score (nSPS) is 19.0. The second kappa shape index (κ2) is 13.2. The first-order valence-electron chi connectivity index (χ1n) is 15.5. The molecule has 6 rings (SSSR count). The van der Waals surface area contributed by atoms with Crippen molar-refractivity contribution >= 4 is 28.9 Å². The Hall–Kier alpha value is -4.97. The zero-order valence-electron chi connectivity index (χ0n) is 26.5. The van der Waals surface area contributed by atoms with Crippen LogP contribution >= 0.6 is 0 Å². The Morgan fingerprint density at radius 3 is 2.80 bits per heavy atom. The van der Waals surface area contributed by atoms with Gasteiger partial charge in [0.2, 0.25) is 5.91 Å². The molecule has 4 heterocycles. The summed E-state index contributed by atoms with van der Waals surface area (Å²) in [6.45, 7) is 5.01. The van der Waals surface area contributed by atoms with Crippen LogP contribution in [0.25, 0.3) is 11.2 Å². The molecule has 0 spiro atoms. The zero-order chi connectivity index (χ0) is 32.4. The number of carbonyl (C=O) groups excluding carboxylic acids is 3. The van der Waals surface area contributed by atoms with Crippen molar-refractivity contribution in [3.63, 3.8) is 0 Å². The SMILES string of the molecule is CCCN1CC(=O)N[C@H]2CCN(C(=O)c3ccnc4c3nc(C)n4C)C[C@@H]2OCc2cccc(c2)Oc2cc(ccc2OC)C1=O. The molecule has 0 saturated carbocycles. The fraction of sp³-hybridized carbons (Fsp3) is 0.382. The fourth-order valence-electron chi connectivity index (χ4n) is 6.02. The number of ether oxygens (including phenoxy) is 3. The Bertz CT molecular complexity index is 1790. The van der Waals surface area contributed by atoms with Crippen molar-refractivity contribution in [2.45, 2.75) is 45.4 Å². The summed E-state index contributed by atoms with van der Waals surface area (Å²) in [5.74, 6) is 1.43. The third kappa shape index (κ3) is 6.25. The summed E-state index contributed by atoms with van der Waals surface area (Å²) in [7, 11) is 3.41. The average molecular weight is 627 g/mol. The van der Waals surface area contributed by atoms with Crippen LogP contribution in [0, 0.1) is 6.92 Å².